The van der Waals surface area contributed by atoms with Crippen molar-refractivity contribution in [3.8, 4) is 0 Å². The molecule has 1 aromatic carbocycles. The molecule has 0 aliphatic heterocycles. The number of hydrogen-bond donors (Lipinski definition) is 3. The normalized spacial score (nSPS) is 33.2. The highest BCUT2D eigenvalue weighted by atomic mass is 32.2. The lowest BCUT2D eigenvalue weighted by molar-refractivity contribution is -0.113. The first kappa shape index (κ1) is 21.1. The molecule has 4 N–H and O–H groups in total. The molecule has 2 bridgehead atoms. The number of halogens is 2. The zero-order chi connectivity index (χ0) is 21.8. The summed E-state index contributed by atoms with van der Waals surface area (Å²) in [5.41, 5.74) is 5.20. The first-order valence-corrected chi connectivity index (χ1v) is 11.5. The lowest BCUT2D eigenvalue weighted by Gasteiger charge is -2.40. The smallest absolute Gasteiger partial charge is 0.253 e. The van der Waals surface area contributed by atoms with E-state index in [1.165, 1.54) is 18.2 Å². The maximum absolute atomic E-state index is 13.4. The molecule has 9 heteroatoms. The van der Waals surface area contributed by atoms with Crippen LogP contribution in [0.2, 0.25) is 0 Å². The molecule has 4 rings (SSSR count). The number of aliphatic hydroxyl groups is 1. The molecular formula is C21H24F2N2O4S. The molecule has 3 aliphatic carbocycles. The van der Waals surface area contributed by atoms with Gasteiger partial charge in [0.2, 0.25) is 0 Å². The quantitative estimate of drug-likeness (QED) is 0.669. The monoisotopic (exact) mass is 438 g/mol. The molecule has 0 spiro atoms. The van der Waals surface area contributed by atoms with Crippen LogP contribution in [-0.2, 0) is 14.6 Å². The Balaban J connectivity index is 1.52. The summed E-state index contributed by atoms with van der Waals surface area (Å²) >= 11 is 0. The van der Waals surface area contributed by atoms with E-state index in [2.05, 4.69) is 5.32 Å². The van der Waals surface area contributed by atoms with Crippen molar-refractivity contribution < 1.29 is 27.1 Å². The molecule has 1 amide bonds. The molecule has 6 nitrogen and oxygen atoms in total. The Morgan fingerprint density at radius 1 is 1.20 bits per heavy atom. The fraction of sp³-hybridized carbons (Fsp3) is 0.476. The minimum atomic E-state index is -3.72. The largest absolute Gasteiger partial charge is 0.390 e. The molecule has 2 fully saturated rings. The second-order valence-electron chi connectivity index (χ2n) is 8.61. The van der Waals surface area contributed by atoms with E-state index >= 15 is 0 Å². The average molecular weight is 438 g/mol. The molecule has 0 saturated heterocycles. The minimum Gasteiger partial charge on any atom is -0.390 e. The van der Waals surface area contributed by atoms with Gasteiger partial charge in [-0.3, -0.25) is 4.79 Å². The summed E-state index contributed by atoms with van der Waals surface area (Å²) in [5.74, 6) is -2.96. The molecule has 5 atom stereocenters. The van der Waals surface area contributed by atoms with Crippen molar-refractivity contribution in [1.82, 2.24) is 0 Å². The molecular weight excluding hydrogens is 414 g/mol. The number of benzene rings is 1. The van der Waals surface area contributed by atoms with Crippen LogP contribution >= 0.6 is 0 Å². The molecule has 2 saturated carbocycles. The van der Waals surface area contributed by atoms with Crippen molar-refractivity contribution in [2.75, 3.05) is 5.32 Å². The summed E-state index contributed by atoms with van der Waals surface area (Å²) < 4.78 is 52.8. The third kappa shape index (κ3) is 3.48. The van der Waals surface area contributed by atoms with Gasteiger partial charge in [-0.15, -0.1) is 0 Å². The number of carbonyl (C=O) groups is 1. The predicted molar refractivity (Wildman–Crippen MR) is 108 cm³/mol. The number of carbonyl (C=O) groups excluding carboxylic acids is 1. The summed E-state index contributed by atoms with van der Waals surface area (Å²) in [6.45, 7) is 1.78. The number of nitrogens with two attached hydrogens (primary N) is 1. The summed E-state index contributed by atoms with van der Waals surface area (Å²) in [6, 6.07) is 1.99. The van der Waals surface area contributed by atoms with Crippen molar-refractivity contribution in [2.45, 2.75) is 49.5 Å². The highest BCUT2D eigenvalue weighted by Crippen LogP contribution is 2.51. The summed E-state index contributed by atoms with van der Waals surface area (Å²) in [4.78, 5) is 12.5. The maximum atomic E-state index is 13.4. The van der Waals surface area contributed by atoms with Crippen LogP contribution in [0.25, 0.3) is 0 Å². The van der Waals surface area contributed by atoms with E-state index in [1.807, 2.05) is 0 Å². The molecule has 1 aromatic rings. The van der Waals surface area contributed by atoms with Gasteiger partial charge in [-0.05, 0) is 68.7 Å². The molecule has 0 heterocycles. The first-order chi connectivity index (χ1) is 14.0. The molecule has 0 aromatic heterocycles. The van der Waals surface area contributed by atoms with Gasteiger partial charge in [0.15, 0.2) is 21.5 Å². The van der Waals surface area contributed by atoms with E-state index in [0.29, 0.717) is 12.8 Å². The Hall–Kier alpha value is -2.10. The van der Waals surface area contributed by atoms with Gasteiger partial charge in [0.1, 0.15) is 0 Å². The van der Waals surface area contributed by atoms with Gasteiger partial charge in [0.25, 0.3) is 5.91 Å². The topological polar surface area (TPSA) is 109 Å². The van der Waals surface area contributed by atoms with Gasteiger partial charge < -0.3 is 16.2 Å². The van der Waals surface area contributed by atoms with Crippen LogP contribution in [0.5, 0.6) is 0 Å². The van der Waals surface area contributed by atoms with Crippen LogP contribution in [-0.4, -0.2) is 36.3 Å². The van der Waals surface area contributed by atoms with Crippen LogP contribution in [0, 0.1) is 23.5 Å². The van der Waals surface area contributed by atoms with Crippen molar-refractivity contribution in [1.29, 1.82) is 0 Å². The van der Waals surface area contributed by atoms with Gasteiger partial charge in [0, 0.05) is 17.3 Å². The third-order valence-corrected chi connectivity index (χ3v) is 8.99. The molecule has 2 unspecified atom stereocenters. The maximum Gasteiger partial charge on any atom is 0.253 e. The highest BCUT2D eigenvalue weighted by Gasteiger charge is 2.53. The Morgan fingerprint density at radius 3 is 2.43 bits per heavy atom. The minimum absolute atomic E-state index is 0.00335. The van der Waals surface area contributed by atoms with Gasteiger partial charge in [0.05, 0.1) is 21.8 Å². The van der Waals surface area contributed by atoms with Crippen molar-refractivity contribution in [3.05, 3.63) is 52.5 Å². The second kappa shape index (κ2) is 7.25. The lowest BCUT2D eigenvalue weighted by atomic mass is 9.76. The van der Waals surface area contributed by atoms with E-state index in [4.69, 9.17) is 5.73 Å². The van der Waals surface area contributed by atoms with Gasteiger partial charge >= 0.3 is 0 Å². The average Bonchev–Trinajstić information content (AvgIpc) is 3.07. The first-order valence-electron chi connectivity index (χ1n) is 9.92. The van der Waals surface area contributed by atoms with Crippen molar-refractivity contribution in [3.63, 3.8) is 0 Å². The van der Waals surface area contributed by atoms with Crippen LogP contribution in [0.4, 0.5) is 14.5 Å². The van der Waals surface area contributed by atoms with Crippen LogP contribution < -0.4 is 11.1 Å². The number of amides is 1. The van der Waals surface area contributed by atoms with Gasteiger partial charge in [-0.1, -0.05) is 0 Å². The van der Waals surface area contributed by atoms with Gasteiger partial charge in [-0.25, -0.2) is 17.2 Å². The SMILES string of the molecule is C[C@@]1(O)C2CC[C@H]1C[C@H](S(=O)(=O)C1=CC(N)C(C(=O)Nc3ccc(F)c(F)c3)=C1)C2. The second-order valence-corrected chi connectivity index (χ2v) is 10.8. The highest BCUT2D eigenvalue weighted by molar-refractivity contribution is 7.96. The number of sulfone groups is 1. The summed E-state index contributed by atoms with van der Waals surface area (Å²) in [6.07, 6.45) is 4.96. The fourth-order valence-corrected chi connectivity index (χ4v) is 6.93. The fourth-order valence-electron chi connectivity index (χ4n) is 4.95. The number of nitrogens with one attached hydrogen (secondary N) is 1. The number of anilines is 1. The molecule has 30 heavy (non-hydrogen) atoms. The standard InChI is InChI=1S/C21H24F2N2O4S/c1-21(27)11-2-3-12(21)7-14(6-11)30(28,29)15-9-16(19(24)10-15)20(26)25-13-4-5-17(22)18(23)8-13/h4-5,8-12,14,19,27H,2-3,6-7,24H2,1H3,(H,25,26)/t11-,12?,14-,19?,21-/m0/s1. The Kier molecular flexibility index (Phi) is 5.11. The molecule has 162 valence electrons. The predicted octanol–water partition coefficient (Wildman–Crippen LogP) is 2.41. The molecule has 3 aliphatic rings. The summed E-state index contributed by atoms with van der Waals surface area (Å²) in [7, 11) is -3.72. The van der Waals surface area contributed by atoms with Gasteiger partial charge in [-0.2, -0.15) is 0 Å². The molecule has 0 radical (unpaired) electrons. The zero-order valence-electron chi connectivity index (χ0n) is 16.4. The van der Waals surface area contributed by atoms with Crippen LogP contribution in [0.15, 0.2) is 40.8 Å². The van der Waals surface area contributed by atoms with E-state index in [-0.39, 0.29) is 28.0 Å². The zero-order valence-corrected chi connectivity index (χ0v) is 17.3. The van der Waals surface area contributed by atoms with E-state index < -0.39 is 44.3 Å². The third-order valence-electron chi connectivity index (χ3n) is 6.82. The number of fused-ring (bicyclic) bond motifs is 2. The van der Waals surface area contributed by atoms with E-state index in [0.717, 1.165) is 25.0 Å². The van der Waals surface area contributed by atoms with Crippen LogP contribution in [0.1, 0.15) is 32.6 Å². The van der Waals surface area contributed by atoms with Crippen LogP contribution in [0.3, 0.4) is 0 Å². The lowest BCUT2D eigenvalue weighted by Crippen LogP contribution is -2.45. The van der Waals surface area contributed by atoms with E-state index in [9.17, 15) is 27.1 Å². The van der Waals surface area contributed by atoms with Crippen molar-refractivity contribution in [2.24, 2.45) is 17.6 Å². The Morgan fingerprint density at radius 2 is 1.83 bits per heavy atom. The Bertz CT molecular complexity index is 1050. The number of rotatable bonds is 4. The summed E-state index contributed by atoms with van der Waals surface area (Å²) in [5, 5.41) is 12.4. The number of hydrogen-bond acceptors (Lipinski definition) is 5. The van der Waals surface area contributed by atoms with E-state index in [1.54, 1.807) is 6.92 Å². The Labute approximate surface area is 173 Å². The van der Waals surface area contributed by atoms with Crippen molar-refractivity contribution >= 4 is 21.4 Å². The number of allylic oxidation sites excluding steroid dienone is 1.